The standard InChI is InChI=1S/C29H32INO8S/c1-17-5-7-23(8-6-17)40(35,36)31-18(2)27-24(28(30)26(38-4)13-25(27)37-3)12-22(31)16-39-29(34)21-10-19(14-32)9-20(11-21)15-33/h5-11,13,18,22,32-33H,12,14-16H2,1-4H3/t18-,22+/m1/s1. The van der Waals surface area contributed by atoms with Crippen LogP contribution in [-0.4, -0.2) is 55.8 Å². The minimum Gasteiger partial charge on any atom is -0.496 e. The predicted octanol–water partition coefficient (Wildman–Crippen LogP) is 4.14. The maximum absolute atomic E-state index is 14.1. The van der Waals surface area contributed by atoms with E-state index < -0.39 is 28.1 Å². The van der Waals surface area contributed by atoms with Crippen LogP contribution in [0, 0.1) is 10.5 Å². The summed E-state index contributed by atoms with van der Waals surface area (Å²) in [6, 6.07) is 11.6. The minimum absolute atomic E-state index is 0.134. The van der Waals surface area contributed by atoms with Crippen LogP contribution in [0.2, 0.25) is 0 Å². The first-order valence-electron chi connectivity index (χ1n) is 12.6. The van der Waals surface area contributed by atoms with Gasteiger partial charge < -0.3 is 24.4 Å². The van der Waals surface area contributed by atoms with Crippen molar-refractivity contribution in [3.63, 3.8) is 0 Å². The van der Waals surface area contributed by atoms with Crippen molar-refractivity contribution in [1.82, 2.24) is 4.31 Å². The Morgan fingerprint density at radius 2 is 1.60 bits per heavy atom. The monoisotopic (exact) mass is 681 g/mol. The first-order chi connectivity index (χ1) is 19.0. The highest BCUT2D eigenvalue weighted by Gasteiger charge is 2.43. The van der Waals surface area contributed by atoms with E-state index in [0.29, 0.717) is 22.6 Å². The highest BCUT2D eigenvalue weighted by atomic mass is 127. The van der Waals surface area contributed by atoms with Gasteiger partial charge in [0.25, 0.3) is 0 Å². The quantitative estimate of drug-likeness (QED) is 0.256. The van der Waals surface area contributed by atoms with E-state index >= 15 is 0 Å². The highest BCUT2D eigenvalue weighted by Crippen LogP contribution is 2.46. The highest BCUT2D eigenvalue weighted by molar-refractivity contribution is 14.1. The van der Waals surface area contributed by atoms with Crippen LogP contribution < -0.4 is 9.47 Å². The van der Waals surface area contributed by atoms with E-state index in [1.807, 2.05) is 6.92 Å². The number of esters is 1. The number of fused-ring (bicyclic) bond motifs is 1. The molecule has 3 aromatic rings. The Morgan fingerprint density at radius 1 is 1.00 bits per heavy atom. The molecule has 1 aliphatic rings. The molecule has 0 amide bonds. The average molecular weight is 682 g/mol. The fourth-order valence-electron chi connectivity index (χ4n) is 5.11. The number of benzene rings is 3. The van der Waals surface area contributed by atoms with E-state index in [0.717, 1.165) is 20.3 Å². The van der Waals surface area contributed by atoms with Crippen molar-refractivity contribution in [2.75, 3.05) is 20.8 Å². The van der Waals surface area contributed by atoms with E-state index in [1.165, 1.54) is 23.5 Å². The lowest BCUT2D eigenvalue weighted by molar-refractivity contribution is 0.0385. The fourth-order valence-corrected chi connectivity index (χ4v) is 7.77. The Kier molecular flexibility index (Phi) is 9.40. The normalized spacial score (nSPS) is 17.3. The van der Waals surface area contributed by atoms with Gasteiger partial charge in [0.05, 0.1) is 53.5 Å². The maximum atomic E-state index is 14.1. The number of hydrogen-bond acceptors (Lipinski definition) is 8. The SMILES string of the molecule is COc1cc(OC)c2c(c1I)C[C@@H](COC(=O)c1cc(CO)cc(CO)c1)N(S(=O)(=O)c1ccc(C)cc1)[C@@H]2C. The molecule has 0 spiro atoms. The molecule has 0 unspecified atom stereocenters. The van der Waals surface area contributed by atoms with Gasteiger partial charge in [-0.2, -0.15) is 4.31 Å². The van der Waals surface area contributed by atoms with Crippen molar-refractivity contribution in [2.24, 2.45) is 0 Å². The topological polar surface area (TPSA) is 123 Å². The van der Waals surface area contributed by atoms with Gasteiger partial charge in [-0.15, -0.1) is 0 Å². The molecule has 2 atom stereocenters. The number of aliphatic hydroxyl groups is 2. The second-order valence-electron chi connectivity index (χ2n) is 9.62. The van der Waals surface area contributed by atoms with Crippen molar-refractivity contribution in [1.29, 1.82) is 0 Å². The van der Waals surface area contributed by atoms with Gasteiger partial charge in [0.1, 0.15) is 18.1 Å². The third-order valence-electron chi connectivity index (χ3n) is 7.03. The van der Waals surface area contributed by atoms with Gasteiger partial charge in [-0.25, -0.2) is 13.2 Å². The molecule has 1 heterocycles. The molecule has 1 aliphatic heterocycles. The Hall–Kier alpha value is -2.71. The lowest BCUT2D eigenvalue weighted by atomic mass is 9.90. The number of rotatable bonds is 9. The molecule has 3 aromatic carbocycles. The zero-order valence-electron chi connectivity index (χ0n) is 22.7. The van der Waals surface area contributed by atoms with E-state index in [2.05, 4.69) is 22.6 Å². The summed E-state index contributed by atoms with van der Waals surface area (Å²) in [5.74, 6) is 0.428. The van der Waals surface area contributed by atoms with Gasteiger partial charge >= 0.3 is 5.97 Å². The number of sulfonamides is 1. The number of nitrogens with zero attached hydrogens (tertiary/aromatic N) is 1. The Bertz CT molecular complexity index is 1490. The molecule has 40 heavy (non-hydrogen) atoms. The molecule has 11 heteroatoms. The van der Waals surface area contributed by atoms with Crippen molar-refractivity contribution < 1.29 is 37.6 Å². The number of halogens is 1. The molecule has 0 saturated carbocycles. The van der Waals surface area contributed by atoms with Gasteiger partial charge in [0.15, 0.2) is 0 Å². The smallest absolute Gasteiger partial charge is 0.338 e. The summed E-state index contributed by atoms with van der Waals surface area (Å²) in [4.78, 5) is 13.2. The van der Waals surface area contributed by atoms with Crippen LogP contribution in [0.1, 0.15) is 51.1 Å². The molecule has 0 fully saturated rings. The van der Waals surface area contributed by atoms with E-state index in [4.69, 9.17) is 14.2 Å². The second kappa shape index (κ2) is 12.4. The van der Waals surface area contributed by atoms with Gasteiger partial charge in [-0.05, 0) is 83.8 Å². The zero-order valence-corrected chi connectivity index (χ0v) is 25.7. The number of carbonyl (C=O) groups excluding carboxylic acids is 1. The third-order valence-corrected chi connectivity index (χ3v) is 10.2. The van der Waals surface area contributed by atoms with Crippen molar-refractivity contribution in [3.05, 3.63) is 85.5 Å². The molecule has 0 aliphatic carbocycles. The summed E-state index contributed by atoms with van der Waals surface area (Å²) >= 11 is 2.18. The largest absolute Gasteiger partial charge is 0.496 e. The molecule has 2 N–H and O–H groups in total. The van der Waals surface area contributed by atoms with E-state index in [-0.39, 0.29) is 36.7 Å². The lowest BCUT2D eigenvalue weighted by Crippen LogP contribution is -2.49. The predicted molar refractivity (Wildman–Crippen MR) is 157 cm³/mol. The molecule has 0 bridgehead atoms. The number of methoxy groups -OCH3 is 2. The summed E-state index contributed by atoms with van der Waals surface area (Å²) in [6.45, 7) is 2.83. The summed E-state index contributed by atoms with van der Waals surface area (Å²) in [5, 5.41) is 19.1. The molecule has 0 radical (unpaired) electrons. The number of carbonyl (C=O) groups is 1. The number of aliphatic hydroxyl groups excluding tert-OH is 2. The molecule has 0 saturated heterocycles. The van der Waals surface area contributed by atoms with Crippen molar-refractivity contribution in [3.8, 4) is 11.5 Å². The number of hydrogen-bond donors (Lipinski definition) is 2. The first-order valence-corrected chi connectivity index (χ1v) is 15.1. The zero-order chi connectivity index (χ0) is 29.2. The summed E-state index contributed by atoms with van der Waals surface area (Å²) in [7, 11) is -0.931. The van der Waals surface area contributed by atoms with Gasteiger partial charge in [-0.1, -0.05) is 23.8 Å². The van der Waals surface area contributed by atoms with Crippen LogP contribution in [0.3, 0.4) is 0 Å². The molecule has 9 nitrogen and oxygen atoms in total. The van der Waals surface area contributed by atoms with Crippen LogP contribution in [0.25, 0.3) is 0 Å². The van der Waals surface area contributed by atoms with Crippen LogP contribution >= 0.6 is 22.6 Å². The van der Waals surface area contributed by atoms with Gasteiger partial charge in [-0.3, -0.25) is 0 Å². The van der Waals surface area contributed by atoms with Crippen molar-refractivity contribution >= 4 is 38.6 Å². The van der Waals surface area contributed by atoms with Crippen LogP contribution in [0.4, 0.5) is 0 Å². The van der Waals surface area contributed by atoms with E-state index in [9.17, 15) is 23.4 Å². The summed E-state index contributed by atoms with van der Waals surface area (Å²) in [5.41, 5.74) is 3.59. The van der Waals surface area contributed by atoms with Crippen LogP contribution in [-0.2, 0) is 34.4 Å². The average Bonchev–Trinajstić information content (AvgIpc) is 2.95. The maximum Gasteiger partial charge on any atom is 0.338 e. The Balaban J connectivity index is 1.77. The van der Waals surface area contributed by atoms with Crippen LogP contribution in [0.15, 0.2) is 53.4 Å². The van der Waals surface area contributed by atoms with Crippen molar-refractivity contribution in [2.45, 2.75) is 50.5 Å². The van der Waals surface area contributed by atoms with Gasteiger partial charge in [0, 0.05) is 11.6 Å². The third kappa shape index (κ3) is 5.84. The molecule has 0 aromatic heterocycles. The Morgan fingerprint density at radius 3 is 2.15 bits per heavy atom. The number of aryl methyl sites for hydroxylation is 1. The van der Waals surface area contributed by atoms with E-state index in [1.54, 1.807) is 50.4 Å². The molecule has 214 valence electrons. The summed E-state index contributed by atoms with van der Waals surface area (Å²) < 4.78 is 47.3. The minimum atomic E-state index is -4.02. The van der Waals surface area contributed by atoms with Crippen LogP contribution in [0.5, 0.6) is 11.5 Å². The molecular formula is C29H32INO8S. The first kappa shape index (κ1) is 30.3. The molecular weight excluding hydrogens is 649 g/mol. The number of ether oxygens (including phenoxy) is 3. The summed E-state index contributed by atoms with van der Waals surface area (Å²) in [6.07, 6.45) is 0.252. The Labute approximate surface area is 247 Å². The second-order valence-corrected chi connectivity index (χ2v) is 12.5. The lowest BCUT2D eigenvalue weighted by Gasteiger charge is -2.41. The fraction of sp³-hybridized carbons (Fsp3) is 0.345. The van der Waals surface area contributed by atoms with Gasteiger partial charge in [0.2, 0.25) is 10.0 Å². The molecule has 4 rings (SSSR count).